The van der Waals surface area contributed by atoms with Crippen molar-refractivity contribution >= 4 is 5.91 Å². The lowest BCUT2D eigenvalue weighted by Gasteiger charge is -2.40. The molecular formula is C36H63NO9. The maximum atomic E-state index is 12.7. The van der Waals surface area contributed by atoms with E-state index >= 15 is 0 Å². The van der Waals surface area contributed by atoms with E-state index < -0.39 is 55.6 Å². The summed E-state index contributed by atoms with van der Waals surface area (Å²) in [4.78, 5) is 12.7. The lowest BCUT2D eigenvalue weighted by molar-refractivity contribution is -0.303. The molecule has 0 aliphatic carbocycles. The van der Waals surface area contributed by atoms with Crippen LogP contribution >= 0.6 is 0 Å². The predicted octanol–water partition coefficient (Wildman–Crippen LogP) is 3.90. The Morgan fingerprint density at radius 1 is 0.804 bits per heavy atom. The van der Waals surface area contributed by atoms with Crippen LogP contribution in [0.5, 0.6) is 0 Å². The van der Waals surface area contributed by atoms with Crippen LogP contribution in [0.3, 0.4) is 0 Å². The molecule has 0 aromatic heterocycles. The Hall–Kier alpha value is -1.63. The zero-order valence-corrected chi connectivity index (χ0v) is 28.1. The van der Waals surface area contributed by atoms with Gasteiger partial charge < -0.3 is 45.4 Å². The summed E-state index contributed by atoms with van der Waals surface area (Å²) < 4.78 is 11.0. The van der Waals surface area contributed by atoms with Crippen molar-refractivity contribution in [1.29, 1.82) is 0 Å². The Balaban J connectivity index is 1.70. The quantitative estimate of drug-likeness (QED) is 0.0734. The second kappa shape index (κ2) is 24.5. The van der Waals surface area contributed by atoms with E-state index in [9.17, 15) is 35.4 Å². The number of nitrogens with one attached hydrogen (secondary N) is 1. The molecule has 10 heteroatoms. The molecule has 0 saturated carbocycles. The van der Waals surface area contributed by atoms with Gasteiger partial charge in [-0.1, -0.05) is 121 Å². The van der Waals surface area contributed by atoms with E-state index in [-0.39, 0.29) is 18.9 Å². The molecule has 1 amide bonds. The average Bonchev–Trinajstić information content (AvgIpc) is 3.06. The van der Waals surface area contributed by atoms with Crippen LogP contribution < -0.4 is 5.32 Å². The van der Waals surface area contributed by atoms with Crippen LogP contribution in [0.25, 0.3) is 0 Å². The number of rotatable bonds is 26. The van der Waals surface area contributed by atoms with E-state index in [1.165, 1.54) is 44.1 Å². The molecule has 0 radical (unpaired) electrons. The number of carbonyl (C=O) groups excluding carboxylic acids is 1. The van der Waals surface area contributed by atoms with E-state index in [4.69, 9.17) is 9.47 Å². The van der Waals surface area contributed by atoms with Crippen LogP contribution in [-0.2, 0) is 20.7 Å². The number of aliphatic hydroxyl groups is 6. The predicted molar refractivity (Wildman–Crippen MR) is 178 cm³/mol. The van der Waals surface area contributed by atoms with Gasteiger partial charge in [0.1, 0.15) is 30.5 Å². The summed E-state index contributed by atoms with van der Waals surface area (Å²) in [7, 11) is 0. The van der Waals surface area contributed by atoms with Gasteiger partial charge in [0.15, 0.2) is 6.29 Å². The first-order valence-corrected chi connectivity index (χ1v) is 17.9. The van der Waals surface area contributed by atoms with Gasteiger partial charge in [-0.05, 0) is 31.2 Å². The molecule has 8 atom stereocenters. The summed E-state index contributed by atoms with van der Waals surface area (Å²) in [6.45, 7) is 1.21. The first-order chi connectivity index (χ1) is 22.3. The molecule has 1 aliphatic rings. The van der Waals surface area contributed by atoms with Crippen LogP contribution in [0.1, 0.15) is 122 Å². The molecule has 1 heterocycles. The Morgan fingerprint density at radius 2 is 1.39 bits per heavy atom. The van der Waals surface area contributed by atoms with E-state index in [1.807, 2.05) is 0 Å². The van der Waals surface area contributed by atoms with E-state index in [1.54, 1.807) is 0 Å². The summed E-state index contributed by atoms with van der Waals surface area (Å²) in [6, 6.07) is 9.64. The summed E-state index contributed by atoms with van der Waals surface area (Å²) in [5.41, 5.74) is 1.41. The molecule has 1 aromatic carbocycles. The van der Waals surface area contributed by atoms with Gasteiger partial charge in [0.25, 0.3) is 0 Å². The lowest BCUT2D eigenvalue weighted by Crippen LogP contribution is -2.60. The Labute approximate surface area is 276 Å². The van der Waals surface area contributed by atoms with Crippen LogP contribution in [0.4, 0.5) is 0 Å². The van der Waals surface area contributed by atoms with Crippen molar-refractivity contribution in [3.8, 4) is 0 Å². The molecule has 1 aromatic rings. The van der Waals surface area contributed by atoms with Gasteiger partial charge >= 0.3 is 0 Å². The van der Waals surface area contributed by atoms with Crippen molar-refractivity contribution in [2.45, 2.75) is 171 Å². The molecule has 1 aliphatic heterocycles. The zero-order chi connectivity index (χ0) is 33.6. The van der Waals surface area contributed by atoms with Gasteiger partial charge in [0.2, 0.25) is 5.91 Å². The van der Waals surface area contributed by atoms with Crippen LogP contribution in [0.2, 0.25) is 0 Å². The minimum absolute atomic E-state index is 0.275. The number of ether oxygens (including phenoxy) is 2. The Morgan fingerprint density at radius 3 is 2.02 bits per heavy atom. The van der Waals surface area contributed by atoms with Gasteiger partial charge in [0.05, 0.1) is 25.4 Å². The number of unbranched alkanes of at least 4 members (excludes halogenated alkanes) is 13. The molecule has 1 fully saturated rings. The second-order valence-corrected chi connectivity index (χ2v) is 13.0. The van der Waals surface area contributed by atoms with Gasteiger partial charge in [-0.2, -0.15) is 0 Å². The number of hydrogen-bond donors (Lipinski definition) is 7. The second-order valence-electron chi connectivity index (χ2n) is 13.0. The molecule has 46 heavy (non-hydrogen) atoms. The number of aryl methyl sites for hydroxylation is 1. The topological polar surface area (TPSA) is 169 Å². The number of aliphatic hydroxyl groups excluding tert-OH is 6. The Kier molecular flexibility index (Phi) is 21.6. The smallest absolute Gasteiger partial charge is 0.220 e. The summed E-state index contributed by atoms with van der Waals surface area (Å²) in [6.07, 6.45) is 8.36. The van der Waals surface area contributed by atoms with Gasteiger partial charge in [-0.3, -0.25) is 4.79 Å². The first kappa shape index (κ1) is 40.5. The summed E-state index contributed by atoms with van der Waals surface area (Å²) in [5, 5.41) is 64.4. The highest BCUT2D eigenvalue weighted by molar-refractivity contribution is 5.76. The third-order valence-corrected chi connectivity index (χ3v) is 9.01. The number of hydrogen-bond acceptors (Lipinski definition) is 9. The van der Waals surface area contributed by atoms with Crippen molar-refractivity contribution in [1.82, 2.24) is 5.32 Å². The zero-order valence-electron chi connectivity index (χ0n) is 28.1. The van der Waals surface area contributed by atoms with Gasteiger partial charge in [-0.15, -0.1) is 0 Å². The highest BCUT2D eigenvalue weighted by Gasteiger charge is 2.44. The van der Waals surface area contributed by atoms with Crippen LogP contribution in [0.15, 0.2) is 30.3 Å². The molecule has 0 spiro atoms. The standard InChI is InChI=1S/C36H63NO9/c1-2-3-4-11-19-24-31(40)37-28(26-45-36-35(44)34(43)33(42)30(25-38)46-36)32(41)29(39)23-18-13-10-8-6-5-7-9-12-15-20-27-21-16-14-17-22-27/h14,16-17,21-22,28-30,32-36,38-39,41-44H,2-13,15,18-20,23-26H2,1H3,(H,37,40)/t28-,29+,30+,32-,33-,34-,35+,36-/m0/s1. The minimum atomic E-state index is -1.60. The molecule has 266 valence electrons. The van der Waals surface area contributed by atoms with E-state index in [2.05, 4.69) is 42.6 Å². The molecule has 0 bridgehead atoms. The average molecular weight is 654 g/mol. The van der Waals surface area contributed by atoms with Gasteiger partial charge in [-0.25, -0.2) is 0 Å². The molecule has 1 saturated heterocycles. The number of amides is 1. The number of carbonyl (C=O) groups is 1. The van der Waals surface area contributed by atoms with Crippen molar-refractivity contribution < 1.29 is 44.9 Å². The highest BCUT2D eigenvalue weighted by Crippen LogP contribution is 2.23. The monoisotopic (exact) mass is 653 g/mol. The third kappa shape index (κ3) is 16.0. The first-order valence-electron chi connectivity index (χ1n) is 17.9. The SMILES string of the molecule is CCCCCCCC(=O)N[C@@H](CO[C@H]1O[C@H](CO)[C@H](O)[C@H](O)[C@H]1O)[C@H](O)[C@H](O)CCCCCCCCCCCCc1ccccc1. The lowest BCUT2D eigenvalue weighted by atomic mass is 9.98. The molecule has 7 N–H and O–H groups in total. The van der Waals surface area contributed by atoms with Gasteiger partial charge in [0, 0.05) is 6.42 Å². The largest absolute Gasteiger partial charge is 0.394 e. The number of benzene rings is 1. The Bertz CT molecular complexity index is 889. The molecule has 10 nitrogen and oxygen atoms in total. The maximum Gasteiger partial charge on any atom is 0.220 e. The normalized spacial score (nSPS) is 23.6. The third-order valence-electron chi connectivity index (χ3n) is 9.01. The fourth-order valence-electron chi connectivity index (χ4n) is 5.98. The summed E-state index contributed by atoms with van der Waals surface area (Å²) >= 11 is 0. The van der Waals surface area contributed by atoms with E-state index in [0.29, 0.717) is 12.8 Å². The maximum absolute atomic E-state index is 12.7. The molecular weight excluding hydrogens is 590 g/mol. The van der Waals surface area contributed by atoms with Crippen molar-refractivity contribution in [2.75, 3.05) is 13.2 Å². The van der Waals surface area contributed by atoms with Crippen LogP contribution in [0, 0.1) is 0 Å². The fourth-order valence-corrected chi connectivity index (χ4v) is 5.98. The molecule has 2 rings (SSSR count). The van der Waals surface area contributed by atoms with Crippen molar-refractivity contribution in [3.63, 3.8) is 0 Å². The van der Waals surface area contributed by atoms with Crippen molar-refractivity contribution in [3.05, 3.63) is 35.9 Å². The summed E-state index contributed by atoms with van der Waals surface area (Å²) in [5.74, 6) is -0.277. The molecule has 0 unspecified atom stereocenters. The minimum Gasteiger partial charge on any atom is -0.394 e. The van der Waals surface area contributed by atoms with Crippen LogP contribution in [-0.4, -0.2) is 98.7 Å². The highest BCUT2D eigenvalue weighted by atomic mass is 16.7. The fraction of sp³-hybridized carbons (Fsp3) is 0.806. The van der Waals surface area contributed by atoms with Crippen molar-refractivity contribution in [2.24, 2.45) is 0 Å². The van der Waals surface area contributed by atoms with E-state index in [0.717, 1.165) is 57.8 Å².